The molecule has 0 amide bonds. The fourth-order valence-corrected chi connectivity index (χ4v) is 3.38. The molecule has 0 radical (unpaired) electrons. The van der Waals surface area contributed by atoms with Crippen molar-refractivity contribution in [2.75, 3.05) is 23.9 Å². The van der Waals surface area contributed by atoms with Gasteiger partial charge >= 0.3 is 6.01 Å². The highest BCUT2D eigenvalue weighted by atomic mass is 35.5. The topological polar surface area (TPSA) is 42.2 Å². The summed E-state index contributed by atoms with van der Waals surface area (Å²) in [4.78, 5) is 2.16. The first-order valence-electron chi connectivity index (χ1n) is 5.47. The van der Waals surface area contributed by atoms with Crippen LogP contribution in [0.3, 0.4) is 0 Å². The van der Waals surface area contributed by atoms with E-state index in [1.165, 1.54) is 0 Å². The first-order chi connectivity index (χ1) is 7.69. The number of hydrogen-bond donors (Lipinski definition) is 0. The average molecular weight is 262 g/mol. The lowest BCUT2D eigenvalue weighted by Gasteiger charge is -2.33. The van der Waals surface area contributed by atoms with Crippen LogP contribution in [0.1, 0.15) is 19.7 Å². The average Bonchev–Trinajstić information content (AvgIpc) is 2.65. The Kier molecular flexibility index (Phi) is 3.97. The summed E-state index contributed by atoms with van der Waals surface area (Å²) >= 11 is 7.64. The van der Waals surface area contributed by atoms with Gasteiger partial charge in [-0.2, -0.15) is 11.8 Å². The van der Waals surface area contributed by atoms with Crippen molar-refractivity contribution >= 4 is 29.4 Å². The predicted molar refractivity (Wildman–Crippen MR) is 67.5 cm³/mol. The molecule has 0 bridgehead atoms. The molecule has 0 aromatic carbocycles. The minimum atomic E-state index is 0.518. The highest BCUT2D eigenvalue weighted by Gasteiger charge is 2.25. The maximum atomic E-state index is 5.63. The van der Waals surface area contributed by atoms with Crippen molar-refractivity contribution in [1.29, 1.82) is 0 Å². The minimum Gasteiger partial charge on any atom is -0.408 e. The Bertz CT molecular complexity index is 337. The van der Waals surface area contributed by atoms with Crippen LogP contribution >= 0.6 is 23.4 Å². The normalized spacial score (nSPS) is 26.1. The molecule has 0 spiro atoms. The molecule has 1 aromatic rings. The number of rotatable bonds is 3. The maximum Gasteiger partial charge on any atom is 0.318 e. The number of anilines is 1. The number of nitrogens with zero attached hydrogens (tertiary/aromatic N) is 3. The van der Waals surface area contributed by atoms with Crippen molar-refractivity contribution in [3.05, 3.63) is 5.89 Å². The Morgan fingerprint density at radius 1 is 1.38 bits per heavy atom. The van der Waals surface area contributed by atoms with E-state index in [0.29, 0.717) is 34.7 Å². The summed E-state index contributed by atoms with van der Waals surface area (Å²) in [5.41, 5.74) is 0. The summed E-state index contributed by atoms with van der Waals surface area (Å²) in [6.07, 6.45) is 0.641. The molecule has 2 atom stereocenters. The SMILES string of the molecule is CC1CN(c2nnc(CCCl)o2)CC(C)S1. The van der Waals surface area contributed by atoms with Gasteiger partial charge < -0.3 is 9.32 Å². The van der Waals surface area contributed by atoms with Gasteiger partial charge in [-0.25, -0.2) is 0 Å². The zero-order chi connectivity index (χ0) is 11.5. The highest BCUT2D eigenvalue weighted by Crippen LogP contribution is 2.27. The minimum absolute atomic E-state index is 0.518. The molecule has 0 N–H and O–H groups in total. The van der Waals surface area contributed by atoms with Gasteiger partial charge in [0.25, 0.3) is 0 Å². The molecule has 2 unspecified atom stereocenters. The second-order valence-corrected chi connectivity index (χ2v) is 6.34. The van der Waals surface area contributed by atoms with E-state index in [4.69, 9.17) is 16.0 Å². The number of thioether (sulfide) groups is 1. The first-order valence-corrected chi connectivity index (χ1v) is 6.95. The van der Waals surface area contributed by atoms with E-state index < -0.39 is 0 Å². The number of hydrogen-bond acceptors (Lipinski definition) is 5. The van der Waals surface area contributed by atoms with Crippen molar-refractivity contribution in [1.82, 2.24) is 10.2 Å². The van der Waals surface area contributed by atoms with Gasteiger partial charge in [0.15, 0.2) is 0 Å². The Labute approximate surface area is 105 Å². The van der Waals surface area contributed by atoms with E-state index in [-0.39, 0.29) is 0 Å². The zero-order valence-electron chi connectivity index (χ0n) is 9.52. The van der Waals surface area contributed by atoms with Crippen LogP contribution in [-0.4, -0.2) is 39.7 Å². The van der Waals surface area contributed by atoms with Crippen molar-refractivity contribution in [2.45, 2.75) is 30.8 Å². The molecule has 1 fully saturated rings. The quantitative estimate of drug-likeness (QED) is 0.781. The lowest BCUT2D eigenvalue weighted by molar-refractivity contribution is 0.485. The molecule has 16 heavy (non-hydrogen) atoms. The summed E-state index contributed by atoms with van der Waals surface area (Å²) in [6, 6.07) is 0.638. The highest BCUT2D eigenvalue weighted by molar-refractivity contribution is 8.00. The zero-order valence-corrected chi connectivity index (χ0v) is 11.1. The molecule has 90 valence electrons. The largest absolute Gasteiger partial charge is 0.408 e. The van der Waals surface area contributed by atoms with E-state index in [0.717, 1.165) is 13.1 Å². The second-order valence-electron chi connectivity index (χ2n) is 4.08. The summed E-state index contributed by atoms with van der Waals surface area (Å²) in [5, 5.41) is 9.26. The first kappa shape index (κ1) is 12.0. The Hall–Kier alpha value is -0.420. The molecule has 0 saturated carbocycles. The van der Waals surface area contributed by atoms with Gasteiger partial charge in [-0.3, -0.25) is 0 Å². The lowest BCUT2D eigenvalue weighted by atomic mass is 10.3. The number of aryl methyl sites for hydroxylation is 1. The standard InChI is InChI=1S/C10H16ClN3OS/c1-7-5-14(6-8(2)16-7)10-13-12-9(15-10)3-4-11/h7-8H,3-6H2,1-2H3. The molecule has 1 saturated heterocycles. The smallest absolute Gasteiger partial charge is 0.318 e. The van der Waals surface area contributed by atoms with E-state index in [2.05, 4.69) is 28.9 Å². The molecule has 0 aliphatic carbocycles. The van der Waals surface area contributed by atoms with Gasteiger partial charge in [-0.1, -0.05) is 18.9 Å². The van der Waals surface area contributed by atoms with Crippen LogP contribution in [0.15, 0.2) is 4.42 Å². The van der Waals surface area contributed by atoms with Crippen LogP contribution in [0.4, 0.5) is 6.01 Å². The number of halogens is 1. The van der Waals surface area contributed by atoms with Crippen LogP contribution < -0.4 is 4.90 Å². The van der Waals surface area contributed by atoms with E-state index in [1.54, 1.807) is 0 Å². The van der Waals surface area contributed by atoms with Crippen LogP contribution in [0.2, 0.25) is 0 Å². The molecule has 1 aromatic heterocycles. The summed E-state index contributed by atoms with van der Waals surface area (Å²) in [5.74, 6) is 1.15. The van der Waals surface area contributed by atoms with Gasteiger partial charge in [0, 0.05) is 35.9 Å². The number of aromatic nitrogens is 2. The van der Waals surface area contributed by atoms with Crippen molar-refractivity contribution in [3.8, 4) is 0 Å². The molecule has 2 rings (SSSR count). The molecular formula is C10H16ClN3OS. The van der Waals surface area contributed by atoms with E-state index in [9.17, 15) is 0 Å². The van der Waals surface area contributed by atoms with Gasteiger partial charge in [0.05, 0.1) is 0 Å². The third kappa shape index (κ3) is 2.83. The molecular weight excluding hydrogens is 246 g/mol. The molecule has 1 aliphatic rings. The summed E-state index contributed by atoms with van der Waals surface area (Å²) in [7, 11) is 0. The van der Waals surface area contributed by atoms with Gasteiger partial charge in [0.1, 0.15) is 0 Å². The Morgan fingerprint density at radius 3 is 2.69 bits per heavy atom. The van der Waals surface area contributed by atoms with Crippen LogP contribution in [0.5, 0.6) is 0 Å². The lowest BCUT2D eigenvalue weighted by Crippen LogP contribution is -2.40. The van der Waals surface area contributed by atoms with Crippen LogP contribution in [-0.2, 0) is 6.42 Å². The van der Waals surface area contributed by atoms with E-state index in [1.807, 2.05) is 11.8 Å². The Balaban J connectivity index is 2.04. The molecule has 2 heterocycles. The van der Waals surface area contributed by atoms with Gasteiger partial charge in [-0.05, 0) is 0 Å². The van der Waals surface area contributed by atoms with Gasteiger partial charge in [-0.15, -0.1) is 16.7 Å². The number of alkyl halides is 1. The maximum absolute atomic E-state index is 5.63. The molecule has 1 aliphatic heterocycles. The van der Waals surface area contributed by atoms with Crippen molar-refractivity contribution in [3.63, 3.8) is 0 Å². The van der Waals surface area contributed by atoms with Crippen LogP contribution in [0, 0.1) is 0 Å². The third-order valence-corrected chi connectivity index (χ3v) is 3.87. The van der Waals surface area contributed by atoms with Crippen molar-refractivity contribution in [2.24, 2.45) is 0 Å². The van der Waals surface area contributed by atoms with Gasteiger partial charge in [0.2, 0.25) is 5.89 Å². The third-order valence-electron chi connectivity index (χ3n) is 2.45. The molecule has 6 heteroatoms. The monoisotopic (exact) mass is 261 g/mol. The molecule has 4 nitrogen and oxygen atoms in total. The van der Waals surface area contributed by atoms with E-state index >= 15 is 0 Å². The Morgan fingerprint density at radius 2 is 2.06 bits per heavy atom. The fourth-order valence-electron chi connectivity index (χ4n) is 1.89. The summed E-state index contributed by atoms with van der Waals surface area (Å²) in [6.45, 7) is 6.39. The second kappa shape index (κ2) is 5.27. The fraction of sp³-hybridized carbons (Fsp3) is 0.800. The van der Waals surface area contributed by atoms with Crippen molar-refractivity contribution < 1.29 is 4.42 Å². The summed E-state index contributed by atoms with van der Waals surface area (Å²) < 4.78 is 5.57. The van der Waals surface area contributed by atoms with Crippen LogP contribution in [0.25, 0.3) is 0 Å². The predicted octanol–water partition coefficient (Wildman–Crippen LogP) is 2.18.